The minimum Gasteiger partial charge on any atom is -0.397 e. The molecule has 6 nitrogen and oxygen atoms in total. The van der Waals surface area contributed by atoms with E-state index >= 15 is 0 Å². The molecule has 1 atom stereocenters. The number of carbonyl (C=O) groups excluding carboxylic acids is 1. The number of nitrogen functional groups attached to an aromatic ring is 1. The van der Waals surface area contributed by atoms with E-state index in [1.54, 1.807) is 0 Å². The minimum atomic E-state index is -4.31. The molecule has 1 fully saturated rings. The molecule has 8 heteroatoms. The zero-order chi connectivity index (χ0) is 14.2. The van der Waals surface area contributed by atoms with Crippen molar-refractivity contribution in [1.82, 2.24) is 0 Å². The van der Waals surface area contributed by atoms with Crippen LogP contribution in [0.2, 0.25) is 0 Å². The summed E-state index contributed by atoms with van der Waals surface area (Å²) in [5, 5.41) is 0.688. The molecule has 0 spiro atoms. The lowest BCUT2D eigenvalue weighted by atomic mass is 10.2. The molecule has 0 radical (unpaired) electrons. The Kier molecular flexibility index (Phi) is 3.84. The molecule has 0 aromatic heterocycles. The van der Waals surface area contributed by atoms with Crippen LogP contribution < -0.4 is 10.6 Å². The lowest BCUT2D eigenvalue weighted by Gasteiger charge is -2.19. The third kappa shape index (κ3) is 2.90. The van der Waals surface area contributed by atoms with Crippen LogP contribution in [0.4, 0.5) is 11.4 Å². The number of carbonyl (C=O) groups is 1. The van der Waals surface area contributed by atoms with Crippen LogP contribution in [0.5, 0.6) is 0 Å². The van der Waals surface area contributed by atoms with E-state index in [2.05, 4.69) is 15.9 Å². The molecule has 2 rings (SSSR count). The number of nitrogens with zero attached hydrogens (tertiary/aromatic N) is 1. The van der Waals surface area contributed by atoms with E-state index in [0.717, 1.165) is 0 Å². The molecule has 1 heterocycles. The quantitative estimate of drug-likeness (QED) is 0.486. The normalized spacial score (nSPS) is 20.0. The number of anilines is 2. The molecule has 0 aliphatic carbocycles. The number of benzene rings is 1. The summed E-state index contributed by atoms with van der Waals surface area (Å²) in [5.41, 5.74) is 6.40. The van der Waals surface area contributed by atoms with Crippen molar-refractivity contribution in [2.75, 3.05) is 22.5 Å². The Morgan fingerprint density at radius 1 is 1.47 bits per heavy atom. The number of nitrogens with two attached hydrogens (primary N) is 1. The van der Waals surface area contributed by atoms with E-state index < -0.39 is 10.1 Å². The first-order chi connectivity index (χ1) is 8.82. The summed E-state index contributed by atoms with van der Waals surface area (Å²) >= 11 is 3.32. The van der Waals surface area contributed by atoms with Crippen molar-refractivity contribution >= 4 is 43.3 Å². The van der Waals surface area contributed by atoms with Crippen LogP contribution in [-0.2, 0) is 14.9 Å². The van der Waals surface area contributed by atoms with Gasteiger partial charge in [-0.25, -0.2) is 0 Å². The fourth-order valence-electron chi connectivity index (χ4n) is 2.04. The molecule has 1 aromatic carbocycles. The zero-order valence-electron chi connectivity index (χ0n) is 9.91. The van der Waals surface area contributed by atoms with Crippen LogP contribution in [0.1, 0.15) is 6.42 Å². The highest BCUT2D eigenvalue weighted by Crippen LogP contribution is 2.32. The van der Waals surface area contributed by atoms with Crippen molar-refractivity contribution in [1.29, 1.82) is 0 Å². The average molecular weight is 349 g/mol. The molecular weight excluding hydrogens is 336 g/mol. The zero-order valence-corrected chi connectivity index (χ0v) is 12.3. The Labute approximate surface area is 119 Å². The van der Waals surface area contributed by atoms with Gasteiger partial charge in [-0.1, -0.05) is 15.9 Å². The molecule has 1 aromatic rings. The Morgan fingerprint density at radius 2 is 2.16 bits per heavy atom. The maximum absolute atomic E-state index is 11.9. The highest BCUT2D eigenvalue weighted by molar-refractivity contribution is 9.09. The standard InChI is InChI=1S/C11H13BrN2O4S/c12-5-7-3-11(15)14(6-7)10-4-8(19(16,17)18)1-2-9(10)13/h1-2,4,7H,3,5-6,13H2,(H,16,17,18). The van der Waals surface area contributed by atoms with Crippen LogP contribution in [0.3, 0.4) is 0 Å². The first kappa shape index (κ1) is 14.3. The monoisotopic (exact) mass is 348 g/mol. The van der Waals surface area contributed by atoms with Crippen molar-refractivity contribution < 1.29 is 17.8 Å². The molecule has 1 saturated heterocycles. The van der Waals surface area contributed by atoms with E-state index in [1.807, 2.05) is 0 Å². The molecule has 19 heavy (non-hydrogen) atoms. The van der Waals surface area contributed by atoms with E-state index in [4.69, 9.17) is 10.3 Å². The maximum atomic E-state index is 11.9. The van der Waals surface area contributed by atoms with Gasteiger partial charge in [-0.3, -0.25) is 9.35 Å². The number of hydrogen-bond acceptors (Lipinski definition) is 4. The summed E-state index contributed by atoms with van der Waals surface area (Å²) in [6.07, 6.45) is 0.390. The summed E-state index contributed by atoms with van der Waals surface area (Å²) in [6.45, 7) is 0.475. The number of alkyl halides is 1. The highest BCUT2D eigenvalue weighted by atomic mass is 79.9. The molecule has 0 saturated carbocycles. The summed E-state index contributed by atoms with van der Waals surface area (Å²) in [6, 6.07) is 3.79. The Bertz CT molecular complexity index is 617. The van der Waals surface area contributed by atoms with Gasteiger partial charge in [0.1, 0.15) is 0 Å². The van der Waals surface area contributed by atoms with E-state index in [1.165, 1.54) is 23.1 Å². The second-order valence-electron chi connectivity index (χ2n) is 4.42. The minimum absolute atomic E-state index is 0.108. The molecule has 1 aliphatic rings. The van der Waals surface area contributed by atoms with Crippen LogP contribution in [0, 0.1) is 5.92 Å². The van der Waals surface area contributed by atoms with Gasteiger partial charge in [0, 0.05) is 18.3 Å². The number of amides is 1. The van der Waals surface area contributed by atoms with Crippen molar-refractivity contribution in [2.45, 2.75) is 11.3 Å². The smallest absolute Gasteiger partial charge is 0.294 e. The van der Waals surface area contributed by atoms with Crippen molar-refractivity contribution in [2.24, 2.45) is 5.92 Å². The predicted octanol–water partition coefficient (Wildman–Crippen LogP) is 1.26. The average Bonchev–Trinajstić information content (AvgIpc) is 2.69. The van der Waals surface area contributed by atoms with E-state index in [-0.39, 0.29) is 16.7 Å². The summed E-state index contributed by atoms with van der Waals surface area (Å²) in [4.78, 5) is 13.1. The van der Waals surface area contributed by atoms with Gasteiger partial charge in [0.2, 0.25) is 5.91 Å². The van der Waals surface area contributed by atoms with Gasteiger partial charge in [-0.15, -0.1) is 0 Å². The highest BCUT2D eigenvalue weighted by Gasteiger charge is 2.31. The van der Waals surface area contributed by atoms with Crippen molar-refractivity contribution in [3.63, 3.8) is 0 Å². The second-order valence-corrected chi connectivity index (χ2v) is 6.49. The van der Waals surface area contributed by atoms with Crippen LogP contribution >= 0.6 is 15.9 Å². The molecule has 1 aliphatic heterocycles. The molecule has 3 N–H and O–H groups in total. The number of hydrogen-bond donors (Lipinski definition) is 2. The molecule has 1 unspecified atom stereocenters. The number of rotatable bonds is 3. The van der Waals surface area contributed by atoms with Crippen LogP contribution in [-0.4, -0.2) is 30.8 Å². The van der Waals surface area contributed by atoms with Gasteiger partial charge in [-0.2, -0.15) is 8.42 Å². The third-order valence-corrected chi connectivity index (χ3v) is 4.78. The largest absolute Gasteiger partial charge is 0.397 e. The Morgan fingerprint density at radius 3 is 2.68 bits per heavy atom. The van der Waals surface area contributed by atoms with Gasteiger partial charge in [0.15, 0.2) is 0 Å². The summed E-state index contributed by atoms with van der Waals surface area (Å²) < 4.78 is 31.3. The van der Waals surface area contributed by atoms with Gasteiger partial charge < -0.3 is 10.6 Å². The van der Waals surface area contributed by atoms with E-state index in [0.29, 0.717) is 29.7 Å². The summed E-state index contributed by atoms with van der Waals surface area (Å²) in [5.74, 6) is 0.0601. The van der Waals surface area contributed by atoms with Gasteiger partial charge in [0.25, 0.3) is 10.1 Å². The lowest BCUT2D eigenvalue weighted by Crippen LogP contribution is -2.25. The maximum Gasteiger partial charge on any atom is 0.294 e. The fraction of sp³-hybridized carbons (Fsp3) is 0.364. The lowest BCUT2D eigenvalue weighted by molar-refractivity contribution is -0.117. The number of halogens is 1. The van der Waals surface area contributed by atoms with Crippen LogP contribution in [0.25, 0.3) is 0 Å². The Balaban J connectivity index is 2.42. The predicted molar refractivity (Wildman–Crippen MR) is 74.9 cm³/mol. The first-order valence-corrected chi connectivity index (χ1v) is 8.12. The topological polar surface area (TPSA) is 101 Å². The van der Waals surface area contributed by atoms with Crippen LogP contribution in [0.15, 0.2) is 23.1 Å². The van der Waals surface area contributed by atoms with Gasteiger partial charge >= 0.3 is 0 Å². The fourth-order valence-corrected chi connectivity index (χ4v) is 2.97. The van der Waals surface area contributed by atoms with E-state index in [9.17, 15) is 13.2 Å². The second kappa shape index (κ2) is 5.10. The third-order valence-electron chi connectivity index (χ3n) is 3.01. The SMILES string of the molecule is Nc1ccc(S(=O)(=O)O)cc1N1CC(CBr)CC1=O. The van der Waals surface area contributed by atoms with Crippen molar-refractivity contribution in [3.8, 4) is 0 Å². The molecule has 1 amide bonds. The van der Waals surface area contributed by atoms with Gasteiger partial charge in [-0.05, 0) is 24.1 Å². The summed E-state index contributed by atoms with van der Waals surface area (Å²) in [7, 11) is -4.31. The Hall–Kier alpha value is -1.12. The molecule has 104 valence electrons. The van der Waals surface area contributed by atoms with Crippen molar-refractivity contribution in [3.05, 3.63) is 18.2 Å². The molecule has 0 bridgehead atoms. The first-order valence-electron chi connectivity index (χ1n) is 5.56. The van der Waals surface area contributed by atoms with Gasteiger partial charge in [0.05, 0.1) is 16.3 Å². The molecular formula is C11H13BrN2O4S.